The second-order valence-electron chi connectivity index (χ2n) is 5.30. The average Bonchev–Trinajstić information content (AvgIpc) is 3.06. The van der Waals surface area contributed by atoms with E-state index in [-0.39, 0.29) is 0 Å². The van der Waals surface area contributed by atoms with Gasteiger partial charge in [0.15, 0.2) is 0 Å². The Kier molecular flexibility index (Phi) is 3.47. The zero-order chi connectivity index (χ0) is 13.2. The Labute approximate surface area is 118 Å². The van der Waals surface area contributed by atoms with E-state index in [0.29, 0.717) is 12.0 Å². The second-order valence-corrected chi connectivity index (χ2v) is 6.28. The molecule has 1 aromatic heterocycles. The van der Waals surface area contributed by atoms with Crippen LogP contribution in [0.15, 0.2) is 35.7 Å². The molecule has 1 aromatic carbocycles. The first kappa shape index (κ1) is 12.5. The van der Waals surface area contributed by atoms with Gasteiger partial charge in [0.2, 0.25) is 0 Å². The highest BCUT2D eigenvalue weighted by Crippen LogP contribution is 2.33. The number of ether oxygens (including phenoxy) is 1. The minimum absolute atomic E-state index is 0.375. The number of hydrogen-bond acceptors (Lipinski definition) is 3. The first-order valence-electron chi connectivity index (χ1n) is 6.79. The van der Waals surface area contributed by atoms with Crippen molar-refractivity contribution < 1.29 is 4.74 Å². The largest absolute Gasteiger partial charge is 0.493 e. The van der Waals surface area contributed by atoms with Crippen molar-refractivity contribution in [1.82, 2.24) is 0 Å². The minimum atomic E-state index is 0.375. The molecule has 1 unspecified atom stereocenters. The summed E-state index contributed by atoms with van der Waals surface area (Å²) in [6.45, 7) is 5.33. The van der Waals surface area contributed by atoms with Crippen LogP contribution in [-0.2, 0) is 6.42 Å². The van der Waals surface area contributed by atoms with Crippen molar-refractivity contribution in [3.8, 4) is 5.75 Å². The van der Waals surface area contributed by atoms with E-state index in [9.17, 15) is 0 Å². The molecule has 2 nitrogen and oxygen atoms in total. The summed E-state index contributed by atoms with van der Waals surface area (Å²) in [6, 6.07) is 11.1. The van der Waals surface area contributed by atoms with Crippen molar-refractivity contribution >= 4 is 17.0 Å². The van der Waals surface area contributed by atoms with Crippen molar-refractivity contribution in [3.63, 3.8) is 0 Å². The Morgan fingerprint density at radius 3 is 2.89 bits per heavy atom. The van der Waals surface area contributed by atoms with Gasteiger partial charge >= 0.3 is 0 Å². The van der Waals surface area contributed by atoms with Gasteiger partial charge in [-0.25, -0.2) is 0 Å². The van der Waals surface area contributed by atoms with Crippen LogP contribution in [0.1, 0.15) is 30.3 Å². The maximum atomic E-state index is 5.55. The molecule has 1 aliphatic heterocycles. The molecule has 2 heterocycles. The van der Waals surface area contributed by atoms with Gasteiger partial charge in [-0.15, -0.1) is 11.3 Å². The lowest BCUT2D eigenvalue weighted by molar-refractivity contribution is 0.357. The molecular weight excluding hydrogens is 254 g/mol. The fourth-order valence-electron chi connectivity index (χ4n) is 2.49. The van der Waals surface area contributed by atoms with Crippen LogP contribution >= 0.6 is 11.3 Å². The topological polar surface area (TPSA) is 21.3 Å². The molecule has 3 rings (SSSR count). The number of fused-ring (bicyclic) bond motifs is 1. The average molecular weight is 273 g/mol. The highest BCUT2D eigenvalue weighted by molar-refractivity contribution is 7.10. The quantitative estimate of drug-likeness (QED) is 0.886. The molecule has 0 saturated carbocycles. The minimum Gasteiger partial charge on any atom is -0.493 e. The molecule has 100 valence electrons. The summed E-state index contributed by atoms with van der Waals surface area (Å²) >= 11 is 1.82. The van der Waals surface area contributed by atoms with E-state index in [0.717, 1.165) is 18.8 Å². The summed E-state index contributed by atoms with van der Waals surface area (Å²) in [5.41, 5.74) is 2.51. The van der Waals surface area contributed by atoms with E-state index < -0.39 is 0 Å². The predicted molar refractivity (Wildman–Crippen MR) is 81.2 cm³/mol. The molecule has 0 aliphatic carbocycles. The Morgan fingerprint density at radius 1 is 1.26 bits per heavy atom. The third kappa shape index (κ3) is 2.61. The Morgan fingerprint density at radius 2 is 2.16 bits per heavy atom. The van der Waals surface area contributed by atoms with E-state index in [1.807, 2.05) is 11.3 Å². The molecule has 0 fully saturated rings. The van der Waals surface area contributed by atoms with Crippen LogP contribution < -0.4 is 10.1 Å². The van der Waals surface area contributed by atoms with Crippen molar-refractivity contribution in [3.05, 3.63) is 46.2 Å². The Hall–Kier alpha value is -1.48. The molecule has 0 saturated heterocycles. The molecule has 1 atom stereocenters. The molecule has 0 radical (unpaired) electrons. The van der Waals surface area contributed by atoms with Crippen molar-refractivity contribution in [2.45, 2.75) is 26.3 Å². The van der Waals surface area contributed by atoms with Crippen molar-refractivity contribution in [2.24, 2.45) is 5.92 Å². The number of rotatable bonds is 4. The lowest BCUT2D eigenvalue weighted by atomic mass is 10.0. The first-order chi connectivity index (χ1) is 9.24. The van der Waals surface area contributed by atoms with E-state index in [1.165, 1.54) is 16.1 Å². The molecule has 1 aliphatic rings. The maximum Gasteiger partial charge on any atom is 0.122 e. The SMILES string of the molecule is CC(C)C(Nc1ccc2c(c1)CCO2)c1cccs1. The van der Waals surface area contributed by atoms with Crippen LogP contribution in [0, 0.1) is 5.92 Å². The van der Waals surface area contributed by atoms with Crippen LogP contribution in [-0.4, -0.2) is 6.61 Å². The number of hydrogen-bond donors (Lipinski definition) is 1. The van der Waals surface area contributed by atoms with E-state index in [1.54, 1.807) is 0 Å². The van der Waals surface area contributed by atoms with E-state index >= 15 is 0 Å². The lowest BCUT2D eigenvalue weighted by Crippen LogP contribution is -2.15. The molecule has 19 heavy (non-hydrogen) atoms. The number of anilines is 1. The van der Waals surface area contributed by atoms with Crippen LogP contribution in [0.25, 0.3) is 0 Å². The summed E-state index contributed by atoms with van der Waals surface area (Å²) in [7, 11) is 0. The lowest BCUT2D eigenvalue weighted by Gasteiger charge is -2.22. The van der Waals surface area contributed by atoms with Gasteiger partial charge in [-0.05, 0) is 41.1 Å². The number of benzene rings is 1. The molecular formula is C16H19NOS. The monoisotopic (exact) mass is 273 g/mol. The first-order valence-corrected chi connectivity index (χ1v) is 7.67. The second kappa shape index (κ2) is 5.25. The van der Waals surface area contributed by atoms with Gasteiger partial charge in [-0.1, -0.05) is 19.9 Å². The molecule has 3 heteroatoms. The third-order valence-corrected chi connectivity index (χ3v) is 4.48. The molecule has 1 N–H and O–H groups in total. The van der Waals surface area contributed by atoms with Crippen LogP contribution in [0.5, 0.6) is 5.75 Å². The zero-order valence-corrected chi connectivity index (χ0v) is 12.2. The Bertz CT molecular complexity index is 548. The van der Waals surface area contributed by atoms with Crippen molar-refractivity contribution in [1.29, 1.82) is 0 Å². The molecule has 0 amide bonds. The van der Waals surface area contributed by atoms with Gasteiger partial charge in [0, 0.05) is 17.0 Å². The third-order valence-electron chi connectivity index (χ3n) is 3.53. The smallest absolute Gasteiger partial charge is 0.122 e. The van der Waals surface area contributed by atoms with Gasteiger partial charge in [-0.3, -0.25) is 0 Å². The van der Waals surface area contributed by atoms with Gasteiger partial charge in [0.05, 0.1) is 12.6 Å². The summed E-state index contributed by atoms with van der Waals surface area (Å²) in [4.78, 5) is 1.40. The summed E-state index contributed by atoms with van der Waals surface area (Å²) < 4.78 is 5.55. The maximum absolute atomic E-state index is 5.55. The normalized spacial score (nSPS) is 15.1. The van der Waals surface area contributed by atoms with Crippen LogP contribution in [0.2, 0.25) is 0 Å². The highest BCUT2D eigenvalue weighted by Gasteiger charge is 2.18. The van der Waals surface area contributed by atoms with Gasteiger partial charge in [-0.2, -0.15) is 0 Å². The van der Waals surface area contributed by atoms with E-state index in [2.05, 4.69) is 54.9 Å². The molecule has 0 bridgehead atoms. The summed E-state index contributed by atoms with van der Waals surface area (Å²) in [5, 5.41) is 5.81. The predicted octanol–water partition coefficient (Wildman–Crippen LogP) is 4.49. The summed E-state index contributed by atoms with van der Waals surface area (Å²) in [5.74, 6) is 1.60. The van der Waals surface area contributed by atoms with Crippen LogP contribution in [0.4, 0.5) is 5.69 Å². The van der Waals surface area contributed by atoms with E-state index in [4.69, 9.17) is 4.74 Å². The summed E-state index contributed by atoms with van der Waals surface area (Å²) in [6.07, 6.45) is 1.02. The molecule has 0 spiro atoms. The van der Waals surface area contributed by atoms with Gasteiger partial charge in [0.25, 0.3) is 0 Å². The van der Waals surface area contributed by atoms with Crippen LogP contribution in [0.3, 0.4) is 0 Å². The zero-order valence-electron chi connectivity index (χ0n) is 11.3. The molecule has 2 aromatic rings. The Balaban J connectivity index is 1.82. The number of thiophene rings is 1. The number of nitrogens with one attached hydrogen (secondary N) is 1. The highest BCUT2D eigenvalue weighted by atomic mass is 32.1. The van der Waals surface area contributed by atoms with Crippen molar-refractivity contribution in [2.75, 3.05) is 11.9 Å². The standard InChI is InChI=1S/C16H19NOS/c1-11(2)16(15-4-3-9-19-15)17-13-5-6-14-12(10-13)7-8-18-14/h3-6,9-11,16-17H,7-8H2,1-2H3. The van der Waals surface area contributed by atoms with Gasteiger partial charge in [0.1, 0.15) is 5.75 Å². The fourth-order valence-corrected chi connectivity index (χ4v) is 3.44. The van der Waals surface area contributed by atoms with Gasteiger partial charge < -0.3 is 10.1 Å². The fraction of sp³-hybridized carbons (Fsp3) is 0.375.